The van der Waals surface area contributed by atoms with E-state index < -0.39 is 40.4 Å². The highest BCUT2D eigenvalue weighted by molar-refractivity contribution is 6.31. The fraction of sp³-hybridized carbons (Fsp3) is 0.143. The summed E-state index contributed by atoms with van der Waals surface area (Å²) in [6.07, 6.45) is 3.77. The molecule has 4 amide bonds. The molecule has 7 nitrogen and oxygen atoms in total. The molecule has 0 heterocycles. The number of carbonyl (C=O) groups excluding carboxylic acids is 4. The van der Waals surface area contributed by atoms with Crippen LogP contribution in [0.25, 0.3) is 23.3 Å². The van der Waals surface area contributed by atoms with Crippen molar-refractivity contribution in [3.05, 3.63) is 236 Å². The quantitative estimate of drug-likeness (QED) is 0.0574. The van der Waals surface area contributed by atoms with Crippen LogP contribution in [0, 0.1) is 23.3 Å². The Morgan fingerprint density at radius 2 is 1.04 bits per heavy atom. The molecule has 70 heavy (non-hydrogen) atoms. The van der Waals surface area contributed by atoms with E-state index in [1.165, 1.54) is 54.4 Å². The molecule has 0 fully saturated rings. The lowest BCUT2D eigenvalue weighted by molar-refractivity contribution is -0.125. The van der Waals surface area contributed by atoms with E-state index in [0.717, 1.165) is 23.1 Å². The summed E-state index contributed by atoms with van der Waals surface area (Å²) in [4.78, 5) is 48.3. The first-order valence-electron chi connectivity index (χ1n) is 21.6. The number of imide groups is 1. The van der Waals surface area contributed by atoms with Crippen LogP contribution in [0.3, 0.4) is 0 Å². The average molecular weight is 1010 g/mol. The van der Waals surface area contributed by atoms with Crippen molar-refractivity contribution >= 4 is 81.7 Å². The van der Waals surface area contributed by atoms with Gasteiger partial charge in [-0.15, -0.1) is 0 Å². The first-order chi connectivity index (χ1) is 33.2. The van der Waals surface area contributed by atoms with Gasteiger partial charge >= 0.3 is 0 Å². The third-order valence-electron chi connectivity index (χ3n) is 9.88. The molecule has 0 bridgehead atoms. The Morgan fingerprint density at radius 1 is 0.571 bits per heavy atom. The maximum Gasteiger partial charge on any atom is 0.258 e. The molecule has 0 saturated heterocycles. The first kappa shape index (κ1) is 55.5. The van der Waals surface area contributed by atoms with E-state index in [4.69, 9.17) is 34.8 Å². The van der Waals surface area contributed by atoms with Crippen molar-refractivity contribution in [2.45, 2.75) is 46.1 Å². The largest absolute Gasteiger partial charge is 0.352 e. The van der Waals surface area contributed by atoms with Crippen LogP contribution in [-0.2, 0) is 25.6 Å². The molecule has 6 aromatic rings. The summed E-state index contributed by atoms with van der Waals surface area (Å²) in [5.74, 6) is -5.97. The maximum absolute atomic E-state index is 14.2. The van der Waals surface area contributed by atoms with E-state index in [0.29, 0.717) is 51.0 Å². The third-order valence-corrected chi connectivity index (χ3v) is 10.6. The highest BCUT2D eigenvalue weighted by Crippen LogP contribution is 2.27. The third kappa shape index (κ3) is 18.1. The van der Waals surface area contributed by atoms with E-state index in [1.807, 2.05) is 73.8 Å². The maximum atomic E-state index is 14.2. The average Bonchev–Trinajstić information content (AvgIpc) is 3.31. The molecular weight excluding hydrogens is 961 g/mol. The van der Waals surface area contributed by atoms with Gasteiger partial charge in [0, 0.05) is 62.4 Å². The second-order valence-electron chi connectivity index (χ2n) is 16.1. The minimum absolute atomic E-state index is 0.0153. The number of hydrogen-bond acceptors (Lipinski definition) is 4. The van der Waals surface area contributed by atoms with Crippen molar-refractivity contribution in [2.75, 3.05) is 6.54 Å². The summed E-state index contributed by atoms with van der Waals surface area (Å²) >= 11 is 17.6. The highest BCUT2D eigenvalue weighted by atomic mass is 35.5. The van der Waals surface area contributed by atoms with Crippen LogP contribution in [0.5, 0.6) is 0 Å². The van der Waals surface area contributed by atoms with Gasteiger partial charge in [-0.2, -0.15) is 0 Å². The van der Waals surface area contributed by atoms with Gasteiger partial charge in [-0.05, 0) is 123 Å². The molecule has 0 saturated carbocycles. The fourth-order valence-corrected chi connectivity index (χ4v) is 6.71. The summed E-state index contributed by atoms with van der Waals surface area (Å²) < 4.78 is 54.6. The Hall–Kier alpha value is -7.05. The van der Waals surface area contributed by atoms with E-state index >= 15 is 0 Å². The molecule has 1 unspecified atom stereocenters. The van der Waals surface area contributed by atoms with Crippen LogP contribution in [-0.4, -0.2) is 36.2 Å². The van der Waals surface area contributed by atoms with E-state index in [-0.39, 0.29) is 35.2 Å². The molecule has 6 aromatic carbocycles. The van der Waals surface area contributed by atoms with Crippen LogP contribution in [0.4, 0.5) is 17.6 Å². The molecule has 0 spiro atoms. The van der Waals surface area contributed by atoms with Crippen LogP contribution in [0.15, 0.2) is 164 Å². The summed E-state index contributed by atoms with van der Waals surface area (Å²) in [5.41, 5.74) is 4.11. The Morgan fingerprint density at radius 3 is 1.51 bits per heavy atom. The monoisotopic (exact) mass is 1010 g/mol. The molecule has 0 aliphatic carbocycles. The molecule has 0 aliphatic heterocycles. The Bertz CT molecular complexity index is 2830. The lowest BCUT2D eigenvalue weighted by atomic mass is 9.92. The van der Waals surface area contributed by atoms with Crippen LogP contribution in [0.1, 0.15) is 67.0 Å². The molecule has 3 N–H and O–H groups in total. The van der Waals surface area contributed by atoms with E-state index in [2.05, 4.69) is 35.9 Å². The van der Waals surface area contributed by atoms with Gasteiger partial charge < -0.3 is 10.6 Å². The van der Waals surface area contributed by atoms with E-state index in [1.54, 1.807) is 37.3 Å². The summed E-state index contributed by atoms with van der Waals surface area (Å²) in [7, 11) is 0. The number of amides is 4. The summed E-state index contributed by atoms with van der Waals surface area (Å²) in [6, 6.07) is 38.1. The van der Waals surface area contributed by atoms with Crippen LogP contribution in [0.2, 0.25) is 15.1 Å². The van der Waals surface area contributed by atoms with Gasteiger partial charge in [-0.1, -0.05) is 127 Å². The SMILES string of the molecule is C=C(C)C(=O)NC(=O)/C(=C/c1ccc(Cl)cc1)c1c(F)cc(F)cc1F.C=C(C)C(=O)NCC(Cc1ccc(Cl)cc1)c1ccccc1.CC(C)NC(=O)/C(=C\c1ccc(Cl)cc1)c1ccc(F)cc1. The van der Waals surface area contributed by atoms with Crippen molar-refractivity contribution in [1.82, 2.24) is 16.0 Å². The smallest absolute Gasteiger partial charge is 0.258 e. The number of carbonyl (C=O) groups is 4. The second-order valence-corrected chi connectivity index (χ2v) is 17.4. The Balaban J connectivity index is 0.000000230. The second kappa shape index (κ2) is 27.2. The lowest BCUT2D eigenvalue weighted by Gasteiger charge is -2.18. The van der Waals surface area contributed by atoms with Gasteiger partial charge in [0.05, 0.1) is 11.1 Å². The highest BCUT2D eigenvalue weighted by Gasteiger charge is 2.23. The lowest BCUT2D eigenvalue weighted by Crippen LogP contribution is -2.31. The zero-order chi connectivity index (χ0) is 51.5. The van der Waals surface area contributed by atoms with Crippen LogP contribution >= 0.6 is 34.8 Å². The minimum Gasteiger partial charge on any atom is -0.352 e. The summed E-state index contributed by atoms with van der Waals surface area (Å²) in [6.45, 7) is 14.5. The molecule has 362 valence electrons. The zero-order valence-corrected chi connectivity index (χ0v) is 41.0. The summed E-state index contributed by atoms with van der Waals surface area (Å²) in [5, 5.41) is 9.57. The number of benzene rings is 6. The van der Waals surface area contributed by atoms with Crippen molar-refractivity contribution in [1.29, 1.82) is 0 Å². The minimum atomic E-state index is -1.28. The number of hydrogen-bond donors (Lipinski definition) is 3. The van der Waals surface area contributed by atoms with Gasteiger partial charge in [0.1, 0.15) is 23.3 Å². The van der Waals surface area contributed by atoms with Crippen LogP contribution < -0.4 is 16.0 Å². The number of nitrogens with one attached hydrogen (secondary N) is 3. The molecule has 14 heteroatoms. The predicted octanol–water partition coefficient (Wildman–Crippen LogP) is 13.4. The van der Waals surface area contributed by atoms with Crippen molar-refractivity contribution in [2.24, 2.45) is 0 Å². The van der Waals surface area contributed by atoms with Gasteiger partial charge in [-0.3, -0.25) is 24.5 Å². The number of halogens is 7. The molecule has 1 atom stereocenters. The molecule has 0 aliphatic rings. The topological polar surface area (TPSA) is 104 Å². The molecule has 6 rings (SSSR count). The predicted molar refractivity (Wildman–Crippen MR) is 275 cm³/mol. The van der Waals surface area contributed by atoms with Gasteiger partial charge in [0.15, 0.2) is 0 Å². The van der Waals surface area contributed by atoms with Gasteiger partial charge in [0.25, 0.3) is 17.7 Å². The molecular formula is C56H50Cl3F4N3O4. The van der Waals surface area contributed by atoms with Crippen molar-refractivity contribution in [3.63, 3.8) is 0 Å². The molecule has 0 aromatic heterocycles. The van der Waals surface area contributed by atoms with Crippen molar-refractivity contribution in [3.8, 4) is 0 Å². The molecule has 0 radical (unpaired) electrons. The first-order valence-corrected chi connectivity index (χ1v) is 22.7. The van der Waals surface area contributed by atoms with Gasteiger partial charge in [-0.25, -0.2) is 17.6 Å². The van der Waals surface area contributed by atoms with E-state index in [9.17, 15) is 36.7 Å². The normalized spacial score (nSPS) is 11.5. The fourth-order valence-electron chi connectivity index (χ4n) is 6.33. The Labute approximate surface area is 420 Å². The van der Waals surface area contributed by atoms with Crippen molar-refractivity contribution < 1.29 is 36.7 Å². The standard InChI is InChI=1S/C19H13ClF3NO2.C19H20ClNO.C18H17ClFNO/c1-10(2)18(25)24-19(26)14(7-11-3-5-12(20)6-4-11)17-15(22)8-13(21)9-16(17)23;1-14(2)19(22)21-13-17(16-6-4-3-5-7-16)12-15-8-10-18(20)11-9-15;1-12(2)21-18(22)17(14-5-9-16(20)10-6-14)11-13-3-7-15(19)8-4-13/h3-9H,1H2,2H3,(H,24,25,26);3-11,17H,1,12-13H2,2H3,(H,21,22);3-12H,1-2H3,(H,21,22)/b14-7+;;17-11-. The number of rotatable bonds is 14. The Kier molecular flexibility index (Phi) is 21.6. The zero-order valence-electron chi connectivity index (χ0n) is 38.7. The van der Waals surface area contributed by atoms with Gasteiger partial charge in [0.2, 0.25) is 5.91 Å².